The number of alkyl halides is 3. The molecule has 0 radical (unpaired) electrons. The summed E-state index contributed by atoms with van der Waals surface area (Å²) in [4.78, 5) is 11.8. The van der Waals surface area contributed by atoms with Gasteiger partial charge in [-0.1, -0.05) is 38.8 Å². The second-order valence-corrected chi connectivity index (χ2v) is 5.58. The van der Waals surface area contributed by atoms with Gasteiger partial charge < -0.3 is 15.7 Å². The van der Waals surface area contributed by atoms with Crippen molar-refractivity contribution in [3.05, 3.63) is 29.8 Å². The van der Waals surface area contributed by atoms with Crippen LogP contribution in [0.1, 0.15) is 45.1 Å². The van der Waals surface area contributed by atoms with Crippen LogP contribution in [-0.2, 0) is 6.18 Å². The van der Waals surface area contributed by atoms with Crippen LogP contribution >= 0.6 is 0 Å². The van der Waals surface area contributed by atoms with Gasteiger partial charge in [0.1, 0.15) is 0 Å². The third kappa shape index (κ3) is 6.09. The molecule has 0 heterocycles. The monoisotopic (exact) mass is 332 g/mol. The van der Waals surface area contributed by atoms with E-state index >= 15 is 0 Å². The first-order valence-corrected chi connectivity index (χ1v) is 7.65. The van der Waals surface area contributed by atoms with E-state index in [2.05, 4.69) is 10.6 Å². The largest absolute Gasteiger partial charge is 0.418 e. The summed E-state index contributed by atoms with van der Waals surface area (Å²) in [5, 5.41) is 15.0. The number of urea groups is 1. The molecule has 1 aromatic carbocycles. The SMILES string of the molecule is CCCC(O)(CCC)CNC(=O)Nc1ccccc1C(F)(F)F. The number of carbonyl (C=O) groups excluding carboxylic acids is 1. The van der Waals surface area contributed by atoms with Crippen LogP contribution < -0.4 is 10.6 Å². The Morgan fingerprint density at radius 2 is 1.70 bits per heavy atom. The predicted molar refractivity (Wildman–Crippen MR) is 83.2 cm³/mol. The molecule has 3 N–H and O–H groups in total. The molecule has 0 atom stereocenters. The van der Waals surface area contributed by atoms with Gasteiger partial charge in [0.05, 0.1) is 16.9 Å². The van der Waals surface area contributed by atoms with E-state index in [0.717, 1.165) is 18.9 Å². The van der Waals surface area contributed by atoms with E-state index in [9.17, 15) is 23.1 Å². The lowest BCUT2D eigenvalue weighted by Gasteiger charge is -2.27. The van der Waals surface area contributed by atoms with Gasteiger partial charge in [0.2, 0.25) is 0 Å². The lowest BCUT2D eigenvalue weighted by Crippen LogP contribution is -2.44. The first-order valence-electron chi connectivity index (χ1n) is 7.65. The standard InChI is InChI=1S/C16H23F3N2O2/c1-3-9-15(23,10-4-2)11-20-14(22)21-13-8-6-5-7-12(13)16(17,18)19/h5-8,23H,3-4,9-11H2,1-2H3,(H2,20,21,22). The first kappa shape index (κ1) is 19.3. The van der Waals surface area contributed by atoms with Crippen LogP contribution in [-0.4, -0.2) is 23.3 Å². The van der Waals surface area contributed by atoms with Crippen molar-refractivity contribution < 1.29 is 23.1 Å². The van der Waals surface area contributed by atoms with E-state index in [1.54, 1.807) is 0 Å². The van der Waals surface area contributed by atoms with Gasteiger partial charge >= 0.3 is 12.2 Å². The third-order valence-corrected chi connectivity index (χ3v) is 3.49. The number of rotatable bonds is 7. The summed E-state index contributed by atoms with van der Waals surface area (Å²) in [6.45, 7) is 3.83. The molecule has 2 amide bonds. The molecule has 0 saturated heterocycles. The van der Waals surface area contributed by atoms with Crippen molar-refractivity contribution in [2.75, 3.05) is 11.9 Å². The zero-order valence-electron chi connectivity index (χ0n) is 13.3. The molecule has 130 valence electrons. The van der Waals surface area contributed by atoms with Crippen LogP contribution in [0.15, 0.2) is 24.3 Å². The fourth-order valence-electron chi connectivity index (χ4n) is 2.48. The van der Waals surface area contributed by atoms with Crippen LogP contribution in [0.25, 0.3) is 0 Å². The Labute approximate surface area is 134 Å². The summed E-state index contributed by atoms with van der Waals surface area (Å²) in [5.41, 5.74) is -2.26. The van der Waals surface area contributed by atoms with E-state index in [1.165, 1.54) is 18.2 Å². The Morgan fingerprint density at radius 3 is 2.22 bits per heavy atom. The molecule has 0 saturated carbocycles. The van der Waals surface area contributed by atoms with E-state index in [-0.39, 0.29) is 12.2 Å². The molecule has 0 aliphatic carbocycles. The predicted octanol–water partition coefficient (Wildman–Crippen LogP) is 4.16. The molecular formula is C16H23F3N2O2. The van der Waals surface area contributed by atoms with Gasteiger partial charge in [-0.05, 0) is 25.0 Å². The highest BCUT2D eigenvalue weighted by Gasteiger charge is 2.33. The van der Waals surface area contributed by atoms with Crippen molar-refractivity contribution in [2.45, 2.75) is 51.3 Å². The number of hydrogen-bond donors (Lipinski definition) is 3. The number of amides is 2. The molecule has 0 aliphatic heterocycles. The Kier molecular flexibility index (Phi) is 6.87. The number of nitrogens with one attached hydrogen (secondary N) is 2. The average molecular weight is 332 g/mol. The van der Waals surface area contributed by atoms with Crippen molar-refractivity contribution in [1.29, 1.82) is 0 Å². The van der Waals surface area contributed by atoms with Gasteiger partial charge in [-0.2, -0.15) is 13.2 Å². The molecule has 23 heavy (non-hydrogen) atoms. The van der Waals surface area contributed by atoms with Gasteiger partial charge in [-0.25, -0.2) is 4.79 Å². The second kappa shape index (κ2) is 8.19. The quantitative estimate of drug-likeness (QED) is 0.702. The Bertz CT molecular complexity index is 512. The number of halogens is 3. The second-order valence-electron chi connectivity index (χ2n) is 5.58. The Morgan fingerprint density at radius 1 is 1.13 bits per heavy atom. The topological polar surface area (TPSA) is 61.4 Å². The summed E-state index contributed by atoms with van der Waals surface area (Å²) in [6, 6.07) is 3.99. The summed E-state index contributed by atoms with van der Waals surface area (Å²) >= 11 is 0. The van der Waals surface area contributed by atoms with Gasteiger partial charge in [-0.3, -0.25) is 0 Å². The minimum Gasteiger partial charge on any atom is -0.388 e. The highest BCUT2D eigenvalue weighted by molar-refractivity contribution is 5.90. The number of aliphatic hydroxyl groups is 1. The van der Waals surface area contributed by atoms with E-state index in [0.29, 0.717) is 12.8 Å². The van der Waals surface area contributed by atoms with Crippen molar-refractivity contribution in [2.24, 2.45) is 0 Å². The fourth-order valence-corrected chi connectivity index (χ4v) is 2.48. The molecule has 0 spiro atoms. The smallest absolute Gasteiger partial charge is 0.388 e. The molecule has 1 aromatic rings. The molecular weight excluding hydrogens is 309 g/mol. The number of anilines is 1. The lowest BCUT2D eigenvalue weighted by molar-refractivity contribution is -0.136. The number of para-hydroxylation sites is 1. The molecule has 1 rings (SSSR count). The number of hydrogen-bond acceptors (Lipinski definition) is 2. The molecule has 0 unspecified atom stereocenters. The van der Waals surface area contributed by atoms with Crippen LogP contribution in [0.4, 0.5) is 23.7 Å². The van der Waals surface area contributed by atoms with Crippen LogP contribution in [0.3, 0.4) is 0 Å². The highest BCUT2D eigenvalue weighted by Crippen LogP contribution is 2.34. The Balaban J connectivity index is 2.71. The van der Waals surface area contributed by atoms with E-state index in [4.69, 9.17) is 0 Å². The van der Waals surface area contributed by atoms with E-state index < -0.39 is 23.4 Å². The highest BCUT2D eigenvalue weighted by atomic mass is 19.4. The molecule has 0 bridgehead atoms. The van der Waals surface area contributed by atoms with Gasteiger partial charge in [0.25, 0.3) is 0 Å². The lowest BCUT2D eigenvalue weighted by atomic mass is 9.93. The normalized spacial score (nSPS) is 12.1. The summed E-state index contributed by atoms with van der Waals surface area (Å²) in [5.74, 6) is 0. The van der Waals surface area contributed by atoms with Crippen LogP contribution in [0.5, 0.6) is 0 Å². The average Bonchev–Trinajstić information content (AvgIpc) is 2.45. The Hall–Kier alpha value is -1.76. The van der Waals surface area contributed by atoms with Gasteiger partial charge in [0.15, 0.2) is 0 Å². The van der Waals surface area contributed by atoms with Crippen molar-refractivity contribution >= 4 is 11.7 Å². The third-order valence-electron chi connectivity index (χ3n) is 3.49. The number of benzene rings is 1. The van der Waals surface area contributed by atoms with Gasteiger partial charge in [-0.15, -0.1) is 0 Å². The zero-order chi connectivity index (χ0) is 17.5. The summed E-state index contributed by atoms with van der Waals surface area (Å²) < 4.78 is 38.6. The van der Waals surface area contributed by atoms with E-state index in [1.807, 2.05) is 13.8 Å². The minimum atomic E-state index is -4.55. The molecule has 0 fully saturated rings. The fraction of sp³-hybridized carbons (Fsp3) is 0.562. The maximum Gasteiger partial charge on any atom is 0.418 e. The van der Waals surface area contributed by atoms with Crippen molar-refractivity contribution in [1.82, 2.24) is 5.32 Å². The molecule has 0 aliphatic rings. The maximum absolute atomic E-state index is 12.9. The molecule has 7 heteroatoms. The van der Waals surface area contributed by atoms with Crippen LogP contribution in [0.2, 0.25) is 0 Å². The summed E-state index contributed by atoms with van der Waals surface area (Å²) in [7, 11) is 0. The summed E-state index contributed by atoms with van der Waals surface area (Å²) in [6.07, 6.45) is -2.02. The zero-order valence-corrected chi connectivity index (χ0v) is 13.3. The molecule has 4 nitrogen and oxygen atoms in total. The molecule has 0 aromatic heterocycles. The van der Waals surface area contributed by atoms with Crippen molar-refractivity contribution in [3.8, 4) is 0 Å². The minimum absolute atomic E-state index is 0.00526. The first-order chi connectivity index (χ1) is 10.7. The number of carbonyl (C=O) groups is 1. The van der Waals surface area contributed by atoms with Gasteiger partial charge in [0, 0.05) is 6.54 Å². The van der Waals surface area contributed by atoms with Crippen molar-refractivity contribution in [3.63, 3.8) is 0 Å². The maximum atomic E-state index is 12.9. The van der Waals surface area contributed by atoms with Crippen LogP contribution in [0, 0.1) is 0 Å².